The Morgan fingerprint density at radius 3 is 3.04 bits per heavy atom. The molecule has 24 heavy (non-hydrogen) atoms. The van der Waals surface area contributed by atoms with E-state index in [-0.39, 0.29) is 11.6 Å². The fourth-order valence-corrected chi connectivity index (χ4v) is 3.56. The molecule has 5 N–H and O–H groups in total. The van der Waals surface area contributed by atoms with Gasteiger partial charge in [-0.25, -0.2) is 0 Å². The number of anilines is 4. The number of carbonyl (C=O) groups excluding carboxylic acids is 2. The van der Waals surface area contributed by atoms with E-state index in [4.69, 9.17) is 5.73 Å². The molecule has 0 bridgehead atoms. The van der Waals surface area contributed by atoms with Crippen molar-refractivity contribution in [1.29, 1.82) is 0 Å². The number of hydrogen-bond donors (Lipinski definition) is 4. The van der Waals surface area contributed by atoms with Gasteiger partial charge in [-0.15, -0.1) is 22.0 Å². The number of fused-ring (bicyclic) bond motifs is 2. The normalized spacial score (nSPS) is 15.1. The summed E-state index contributed by atoms with van der Waals surface area (Å²) >= 11 is 1.49. The van der Waals surface area contributed by atoms with E-state index in [2.05, 4.69) is 26.1 Å². The Kier molecular flexibility index (Phi) is 3.49. The number of nitrogens with two attached hydrogens (primary N) is 1. The van der Waals surface area contributed by atoms with Crippen molar-refractivity contribution >= 4 is 46.5 Å². The van der Waals surface area contributed by atoms with Crippen molar-refractivity contribution in [2.75, 3.05) is 28.2 Å². The third kappa shape index (κ3) is 2.52. The Hall–Kier alpha value is -2.81. The number of aromatic nitrogens is 2. The van der Waals surface area contributed by atoms with Gasteiger partial charge in [0.25, 0.3) is 5.91 Å². The van der Waals surface area contributed by atoms with Crippen LogP contribution in [0.2, 0.25) is 0 Å². The highest BCUT2D eigenvalue weighted by molar-refractivity contribution is 8.00. The van der Waals surface area contributed by atoms with Gasteiger partial charge in [-0.2, -0.15) is 0 Å². The molecule has 8 nitrogen and oxygen atoms in total. The molecule has 1 aromatic heterocycles. The minimum absolute atomic E-state index is 0.0295. The zero-order valence-electron chi connectivity index (χ0n) is 12.5. The van der Waals surface area contributed by atoms with Crippen LogP contribution >= 0.6 is 11.8 Å². The molecule has 0 radical (unpaired) electrons. The highest BCUT2D eigenvalue weighted by Crippen LogP contribution is 2.36. The summed E-state index contributed by atoms with van der Waals surface area (Å²) in [6, 6.07) is 5.65. The van der Waals surface area contributed by atoms with Crippen molar-refractivity contribution in [3.05, 3.63) is 29.5 Å². The number of nitrogens with one attached hydrogen (secondary N) is 3. The van der Waals surface area contributed by atoms with Gasteiger partial charge in [0.1, 0.15) is 0 Å². The molecule has 9 heteroatoms. The van der Waals surface area contributed by atoms with E-state index in [0.29, 0.717) is 17.3 Å². The Morgan fingerprint density at radius 2 is 2.21 bits per heavy atom. The summed E-state index contributed by atoms with van der Waals surface area (Å²) in [4.78, 5) is 24.2. The molecule has 0 spiro atoms. The molecule has 2 aliphatic heterocycles. The van der Waals surface area contributed by atoms with E-state index in [0.717, 1.165) is 34.8 Å². The van der Waals surface area contributed by atoms with Gasteiger partial charge in [0.15, 0.2) is 11.5 Å². The van der Waals surface area contributed by atoms with E-state index in [1.165, 1.54) is 11.8 Å². The topological polar surface area (TPSA) is 122 Å². The lowest BCUT2D eigenvalue weighted by Gasteiger charge is -2.18. The highest BCUT2D eigenvalue weighted by atomic mass is 32.2. The largest absolute Gasteiger partial charge is 0.368 e. The lowest BCUT2D eigenvalue weighted by Crippen LogP contribution is -2.19. The van der Waals surface area contributed by atoms with Crippen molar-refractivity contribution in [3.8, 4) is 0 Å². The number of benzene rings is 1. The first-order valence-corrected chi connectivity index (χ1v) is 8.37. The lowest BCUT2D eigenvalue weighted by atomic mass is 10.1. The molecule has 0 saturated carbocycles. The molecule has 122 valence electrons. The molecular weight excluding hydrogens is 328 g/mol. The Morgan fingerprint density at radius 1 is 1.33 bits per heavy atom. The minimum atomic E-state index is -0.637. The first-order valence-electron chi connectivity index (χ1n) is 7.39. The van der Waals surface area contributed by atoms with Crippen LogP contribution in [-0.4, -0.2) is 34.3 Å². The average Bonchev–Trinajstić information content (AvgIpc) is 3.03. The Bertz CT molecular complexity index is 869. The third-order valence-electron chi connectivity index (χ3n) is 3.86. The van der Waals surface area contributed by atoms with Crippen LogP contribution in [0.4, 0.5) is 22.9 Å². The number of rotatable bonds is 3. The molecule has 2 amide bonds. The third-order valence-corrected chi connectivity index (χ3v) is 4.93. The summed E-state index contributed by atoms with van der Waals surface area (Å²) in [6.07, 6.45) is 0.727. The summed E-state index contributed by atoms with van der Waals surface area (Å²) in [5.41, 5.74) is 8.47. The molecule has 0 aliphatic carbocycles. The quantitative estimate of drug-likeness (QED) is 0.664. The standard InChI is InChI=1S/C15H14N6O2S/c16-14(23)13-12(8-3-4-17-15(8)21-20-13)18-7-1-2-10-9(5-7)19-11(22)6-24-10/h1-2,5H,3-4,6H2,(H2,16,23)(H,19,22)(H2,17,18,21). The van der Waals surface area contributed by atoms with E-state index in [9.17, 15) is 9.59 Å². The van der Waals surface area contributed by atoms with Crippen LogP contribution < -0.4 is 21.7 Å². The number of hydrogen-bond acceptors (Lipinski definition) is 7. The van der Waals surface area contributed by atoms with Gasteiger partial charge in [0.05, 0.1) is 17.1 Å². The molecule has 2 aliphatic rings. The fourth-order valence-electron chi connectivity index (χ4n) is 2.78. The molecule has 0 fully saturated rings. The molecule has 4 rings (SSSR count). The van der Waals surface area contributed by atoms with E-state index in [1.807, 2.05) is 18.2 Å². The zero-order valence-corrected chi connectivity index (χ0v) is 13.4. The van der Waals surface area contributed by atoms with Crippen LogP contribution in [0.15, 0.2) is 23.1 Å². The van der Waals surface area contributed by atoms with E-state index < -0.39 is 5.91 Å². The molecule has 3 heterocycles. The fraction of sp³-hybridized carbons (Fsp3) is 0.200. The second-order valence-electron chi connectivity index (χ2n) is 5.46. The second kappa shape index (κ2) is 5.68. The van der Waals surface area contributed by atoms with Gasteiger partial charge in [-0.1, -0.05) is 0 Å². The van der Waals surface area contributed by atoms with E-state index in [1.54, 1.807) is 0 Å². The first-order chi connectivity index (χ1) is 11.6. The number of primary amides is 1. The van der Waals surface area contributed by atoms with Crippen molar-refractivity contribution in [2.24, 2.45) is 5.73 Å². The molecule has 0 saturated heterocycles. The van der Waals surface area contributed by atoms with Gasteiger partial charge in [0.2, 0.25) is 5.91 Å². The van der Waals surface area contributed by atoms with Gasteiger partial charge in [-0.05, 0) is 24.6 Å². The van der Waals surface area contributed by atoms with Gasteiger partial charge in [-0.3, -0.25) is 9.59 Å². The van der Waals surface area contributed by atoms with Crippen LogP contribution in [0.3, 0.4) is 0 Å². The maximum atomic E-state index is 11.7. The Labute approximate surface area is 141 Å². The Balaban J connectivity index is 1.73. The lowest BCUT2D eigenvalue weighted by molar-refractivity contribution is -0.113. The summed E-state index contributed by atoms with van der Waals surface area (Å²) in [6.45, 7) is 0.734. The second-order valence-corrected chi connectivity index (χ2v) is 6.48. The van der Waals surface area contributed by atoms with E-state index >= 15 is 0 Å². The maximum Gasteiger partial charge on any atom is 0.271 e. The van der Waals surface area contributed by atoms with Crippen molar-refractivity contribution < 1.29 is 9.59 Å². The van der Waals surface area contributed by atoms with Gasteiger partial charge >= 0.3 is 0 Å². The van der Waals surface area contributed by atoms with Crippen molar-refractivity contribution in [1.82, 2.24) is 10.2 Å². The summed E-state index contributed by atoms with van der Waals surface area (Å²) < 4.78 is 0. The van der Waals surface area contributed by atoms with Gasteiger partial charge in [0, 0.05) is 22.7 Å². The van der Waals surface area contributed by atoms with Crippen LogP contribution in [0.1, 0.15) is 16.1 Å². The smallest absolute Gasteiger partial charge is 0.271 e. The summed E-state index contributed by atoms with van der Waals surface area (Å²) in [7, 11) is 0. The number of amides is 2. The highest BCUT2D eigenvalue weighted by Gasteiger charge is 2.23. The average molecular weight is 342 g/mol. The van der Waals surface area contributed by atoms with Gasteiger partial charge < -0.3 is 21.7 Å². The van der Waals surface area contributed by atoms with Crippen molar-refractivity contribution in [2.45, 2.75) is 11.3 Å². The minimum Gasteiger partial charge on any atom is -0.368 e. The summed E-state index contributed by atoms with van der Waals surface area (Å²) in [5, 5.41) is 17.1. The van der Waals surface area contributed by atoms with Crippen LogP contribution in [0.5, 0.6) is 0 Å². The predicted octanol–water partition coefficient (Wildman–Crippen LogP) is 1.33. The molecular formula is C15H14N6O2S. The molecule has 0 unspecified atom stereocenters. The number of thioether (sulfide) groups is 1. The molecule has 1 aromatic carbocycles. The molecule has 0 atom stereocenters. The maximum absolute atomic E-state index is 11.7. The van der Waals surface area contributed by atoms with Crippen LogP contribution in [0, 0.1) is 0 Å². The predicted molar refractivity (Wildman–Crippen MR) is 91.8 cm³/mol. The molecule has 2 aromatic rings. The van der Waals surface area contributed by atoms with Crippen LogP contribution in [0.25, 0.3) is 0 Å². The summed E-state index contributed by atoms with van der Waals surface area (Å²) in [5.74, 6) is 0.406. The SMILES string of the molecule is NC(=O)c1nnc2c(c1Nc1ccc3c(c1)NC(=O)CS3)CCN2. The zero-order chi connectivity index (χ0) is 16.7. The first kappa shape index (κ1) is 14.8. The monoisotopic (exact) mass is 342 g/mol. The number of nitrogens with zero attached hydrogens (tertiary/aromatic N) is 2. The number of carbonyl (C=O) groups is 2. The van der Waals surface area contributed by atoms with Crippen LogP contribution in [-0.2, 0) is 11.2 Å². The van der Waals surface area contributed by atoms with Crippen molar-refractivity contribution in [3.63, 3.8) is 0 Å².